The first kappa shape index (κ1) is 24.4. The molecule has 2 atom stereocenters. The van der Waals surface area contributed by atoms with Crippen LogP contribution in [0, 0.1) is 0 Å². The summed E-state index contributed by atoms with van der Waals surface area (Å²) in [6.07, 6.45) is 2.79. The fraction of sp³-hybridized carbons (Fsp3) is 0.667. The zero-order chi connectivity index (χ0) is 21.0. The second-order valence-electron chi connectivity index (χ2n) is 7.25. The molecule has 0 aliphatic rings. The Hall–Kier alpha value is -1.60. The Morgan fingerprint density at radius 1 is 1.14 bits per heavy atom. The molecule has 0 fully saturated rings. The zero-order valence-electron chi connectivity index (χ0n) is 18.1. The SMILES string of the molecule is CCNC(=NCC(Cc1ccccc1)N(CC)CC)NC(C)CCS(C)(=O)=O. The van der Waals surface area contributed by atoms with Crippen LogP contribution in [-0.2, 0) is 16.3 Å². The highest BCUT2D eigenvalue weighted by atomic mass is 32.2. The number of guanidine groups is 1. The first-order valence-electron chi connectivity index (χ1n) is 10.3. The van der Waals surface area contributed by atoms with Gasteiger partial charge in [0.15, 0.2) is 5.96 Å². The summed E-state index contributed by atoms with van der Waals surface area (Å²) < 4.78 is 22.8. The molecule has 0 spiro atoms. The molecular formula is C21H38N4O2S. The number of hydrogen-bond acceptors (Lipinski definition) is 4. The van der Waals surface area contributed by atoms with Gasteiger partial charge in [-0.3, -0.25) is 9.89 Å². The van der Waals surface area contributed by atoms with Crippen LogP contribution in [0.2, 0.25) is 0 Å². The monoisotopic (exact) mass is 410 g/mol. The Kier molecular flexibility index (Phi) is 11.2. The van der Waals surface area contributed by atoms with Crippen molar-refractivity contribution < 1.29 is 8.42 Å². The molecular weight excluding hydrogens is 372 g/mol. The van der Waals surface area contributed by atoms with Gasteiger partial charge in [0.25, 0.3) is 0 Å². The van der Waals surface area contributed by atoms with Gasteiger partial charge < -0.3 is 10.6 Å². The van der Waals surface area contributed by atoms with Crippen LogP contribution < -0.4 is 10.6 Å². The summed E-state index contributed by atoms with van der Waals surface area (Å²) in [5, 5.41) is 6.62. The van der Waals surface area contributed by atoms with Crippen LogP contribution in [0.5, 0.6) is 0 Å². The first-order valence-corrected chi connectivity index (χ1v) is 12.4. The van der Waals surface area contributed by atoms with Crippen molar-refractivity contribution in [2.24, 2.45) is 4.99 Å². The molecule has 0 saturated carbocycles. The zero-order valence-corrected chi connectivity index (χ0v) is 18.9. The van der Waals surface area contributed by atoms with Crippen molar-refractivity contribution in [2.45, 2.75) is 52.6 Å². The summed E-state index contributed by atoms with van der Waals surface area (Å²) in [6, 6.07) is 10.9. The number of hydrogen-bond donors (Lipinski definition) is 2. The largest absolute Gasteiger partial charge is 0.357 e. The van der Waals surface area contributed by atoms with Gasteiger partial charge >= 0.3 is 0 Å². The molecule has 0 aromatic heterocycles. The lowest BCUT2D eigenvalue weighted by Gasteiger charge is -2.29. The number of nitrogens with one attached hydrogen (secondary N) is 2. The Labute approximate surface area is 171 Å². The number of likely N-dealkylation sites (N-methyl/N-ethyl adjacent to an activating group) is 1. The highest BCUT2D eigenvalue weighted by Crippen LogP contribution is 2.10. The van der Waals surface area contributed by atoms with Crippen molar-refractivity contribution in [1.29, 1.82) is 0 Å². The van der Waals surface area contributed by atoms with E-state index in [4.69, 9.17) is 4.99 Å². The molecule has 0 amide bonds. The van der Waals surface area contributed by atoms with E-state index >= 15 is 0 Å². The Balaban J connectivity index is 2.82. The molecule has 6 nitrogen and oxygen atoms in total. The van der Waals surface area contributed by atoms with E-state index in [1.807, 2.05) is 19.9 Å². The summed E-state index contributed by atoms with van der Waals surface area (Å²) in [4.78, 5) is 7.25. The quantitative estimate of drug-likeness (QED) is 0.409. The van der Waals surface area contributed by atoms with Crippen LogP contribution in [0.4, 0.5) is 0 Å². The lowest BCUT2D eigenvalue weighted by molar-refractivity contribution is 0.220. The normalized spacial score (nSPS) is 14.7. The number of sulfone groups is 1. The summed E-state index contributed by atoms with van der Waals surface area (Å²) >= 11 is 0. The van der Waals surface area contributed by atoms with E-state index in [2.05, 4.69) is 53.6 Å². The van der Waals surface area contributed by atoms with Crippen LogP contribution in [-0.4, -0.2) is 69.5 Å². The van der Waals surface area contributed by atoms with E-state index in [9.17, 15) is 8.42 Å². The maximum atomic E-state index is 11.4. The maximum Gasteiger partial charge on any atom is 0.191 e. The van der Waals surface area contributed by atoms with Gasteiger partial charge in [-0.15, -0.1) is 0 Å². The molecule has 0 heterocycles. The number of aliphatic imine (C=N–C) groups is 1. The Morgan fingerprint density at radius 2 is 1.79 bits per heavy atom. The molecule has 1 aromatic rings. The molecule has 0 saturated heterocycles. The van der Waals surface area contributed by atoms with Gasteiger partial charge in [-0.05, 0) is 45.3 Å². The summed E-state index contributed by atoms with van der Waals surface area (Å²) in [6.45, 7) is 11.8. The number of nitrogens with zero attached hydrogens (tertiary/aromatic N) is 2. The molecule has 0 bridgehead atoms. The van der Waals surface area contributed by atoms with Crippen LogP contribution in [0.1, 0.15) is 39.7 Å². The average molecular weight is 411 g/mol. The molecule has 2 unspecified atom stereocenters. The standard InChI is InChI=1S/C21H38N4O2S/c1-6-22-21(24-18(4)14-15-28(5,26)27)23-17-20(25(7-2)8-3)16-19-12-10-9-11-13-19/h9-13,18,20H,6-8,14-17H2,1-5H3,(H2,22,23,24). The minimum atomic E-state index is -2.95. The van der Waals surface area contributed by atoms with Crippen LogP contribution >= 0.6 is 0 Å². The van der Waals surface area contributed by atoms with E-state index in [-0.39, 0.29) is 11.8 Å². The van der Waals surface area contributed by atoms with Crippen molar-refractivity contribution in [1.82, 2.24) is 15.5 Å². The highest BCUT2D eigenvalue weighted by Gasteiger charge is 2.17. The predicted octanol–water partition coefficient (Wildman–Crippen LogP) is 2.32. The number of benzene rings is 1. The predicted molar refractivity (Wildman–Crippen MR) is 120 cm³/mol. The third-order valence-electron chi connectivity index (χ3n) is 4.75. The van der Waals surface area contributed by atoms with E-state index in [0.717, 1.165) is 32.0 Å². The van der Waals surface area contributed by atoms with Crippen molar-refractivity contribution in [3.05, 3.63) is 35.9 Å². The van der Waals surface area contributed by atoms with Gasteiger partial charge in [-0.2, -0.15) is 0 Å². The van der Waals surface area contributed by atoms with E-state index in [0.29, 0.717) is 19.0 Å². The van der Waals surface area contributed by atoms with E-state index in [1.165, 1.54) is 11.8 Å². The Bertz CT molecular complexity index is 673. The summed E-state index contributed by atoms with van der Waals surface area (Å²) in [5.41, 5.74) is 1.31. The molecule has 1 aromatic carbocycles. The third-order valence-corrected chi connectivity index (χ3v) is 5.73. The molecule has 2 N–H and O–H groups in total. The van der Waals surface area contributed by atoms with Crippen LogP contribution in [0.25, 0.3) is 0 Å². The second kappa shape index (κ2) is 12.8. The van der Waals surface area contributed by atoms with Crippen molar-refractivity contribution in [2.75, 3.05) is 38.2 Å². The lowest BCUT2D eigenvalue weighted by Crippen LogP contribution is -2.44. The van der Waals surface area contributed by atoms with Gasteiger partial charge in [-0.25, -0.2) is 8.42 Å². The summed E-state index contributed by atoms with van der Waals surface area (Å²) in [5.74, 6) is 0.921. The minimum absolute atomic E-state index is 0.0357. The molecule has 0 aliphatic carbocycles. The third kappa shape index (κ3) is 10.1. The van der Waals surface area contributed by atoms with Gasteiger partial charge in [0.1, 0.15) is 9.84 Å². The van der Waals surface area contributed by atoms with Crippen molar-refractivity contribution in [3.63, 3.8) is 0 Å². The van der Waals surface area contributed by atoms with Gasteiger partial charge in [-0.1, -0.05) is 44.2 Å². The topological polar surface area (TPSA) is 73.8 Å². The Morgan fingerprint density at radius 3 is 2.32 bits per heavy atom. The summed E-state index contributed by atoms with van der Waals surface area (Å²) in [7, 11) is -2.95. The van der Waals surface area contributed by atoms with Gasteiger partial charge in [0, 0.05) is 24.9 Å². The van der Waals surface area contributed by atoms with E-state index in [1.54, 1.807) is 0 Å². The minimum Gasteiger partial charge on any atom is -0.357 e. The molecule has 1 rings (SSSR count). The maximum absolute atomic E-state index is 11.4. The van der Waals surface area contributed by atoms with Crippen LogP contribution in [0.3, 0.4) is 0 Å². The first-order chi connectivity index (χ1) is 13.3. The fourth-order valence-electron chi connectivity index (χ4n) is 3.15. The molecule has 7 heteroatoms. The highest BCUT2D eigenvalue weighted by molar-refractivity contribution is 7.90. The van der Waals surface area contributed by atoms with Crippen molar-refractivity contribution in [3.8, 4) is 0 Å². The average Bonchev–Trinajstić information content (AvgIpc) is 2.65. The number of rotatable bonds is 12. The van der Waals surface area contributed by atoms with Crippen molar-refractivity contribution >= 4 is 15.8 Å². The second-order valence-corrected chi connectivity index (χ2v) is 9.51. The van der Waals surface area contributed by atoms with Gasteiger partial charge in [0.2, 0.25) is 0 Å². The smallest absolute Gasteiger partial charge is 0.191 e. The fourth-order valence-corrected chi connectivity index (χ4v) is 3.93. The lowest BCUT2D eigenvalue weighted by atomic mass is 10.0. The molecule has 0 aliphatic heterocycles. The van der Waals surface area contributed by atoms with Gasteiger partial charge in [0.05, 0.1) is 12.3 Å². The van der Waals surface area contributed by atoms with E-state index < -0.39 is 9.84 Å². The molecule has 28 heavy (non-hydrogen) atoms. The molecule has 0 radical (unpaired) electrons. The van der Waals surface area contributed by atoms with Crippen LogP contribution in [0.15, 0.2) is 35.3 Å². The molecule has 160 valence electrons.